The van der Waals surface area contributed by atoms with Gasteiger partial charge in [-0.3, -0.25) is 10.2 Å². The predicted molar refractivity (Wildman–Crippen MR) is 65.9 cm³/mol. The van der Waals surface area contributed by atoms with E-state index in [0.717, 1.165) is 38.8 Å². The fourth-order valence-electron chi connectivity index (χ4n) is 2.26. The largest absolute Gasteiger partial charge is 0.481 e. The van der Waals surface area contributed by atoms with Crippen molar-refractivity contribution in [2.45, 2.75) is 44.6 Å². The second-order valence-corrected chi connectivity index (χ2v) is 5.03. The van der Waals surface area contributed by atoms with E-state index >= 15 is 0 Å². The normalized spacial score (nSPS) is 20.4. The zero-order valence-electron chi connectivity index (χ0n) is 10.6. The lowest BCUT2D eigenvalue weighted by Gasteiger charge is -2.30. The molecule has 0 aromatic heterocycles. The van der Waals surface area contributed by atoms with Gasteiger partial charge in [0.15, 0.2) is 0 Å². The van der Waals surface area contributed by atoms with Gasteiger partial charge in [-0.2, -0.15) is 0 Å². The highest BCUT2D eigenvalue weighted by molar-refractivity contribution is 5.75. The molecule has 102 valence electrons. The molecular formula is C12H21N3O3. The summed E-state index contributed by atoms with van der Waals surface area (Å²) in [5.41, 5.74) is 2.89. The van der Waals surface area contributed by atoms with Gasteiger partial charge >= 0.3 is 12.0 Å². The van der Waals surface area contributed by atoms with Crippen LogP contribution in [0.2, 0.25) is 0 Å². The number of hydrogen-bond acceptors (Lipinski definition) is 3. The third-order valence-electron chi connectivity index (χ3n) is 3.42. The molecule has 0 aromatic rings. The number of carboxylic acids is 1. The summed E-state index contributed by atoms with van der Waals surface area (Å²) in [6.45, 7) is 2.09. The number of hydrazine groups is 1. The van der Waals surface area contributed by atoms with E-state index < -0.39 is 5.97 Å². The maximum atomic E-state index is 12.1. The number of carboxylic acid groups (broad SMARTS) is 1. The summed E-state index contributed by atoms with van der Waals surface area (Å²) in [6.07, 6.45) is 5.44. The molecular weight excluding hydrogens is 234 g/mol. The van der Waals surface area contributed by atoms with E-state index in [1.165, 1.54) is 6.42 Å². The summed E-state index contributed by atoms with van der Waals surface area (Å²) >= 11 is 0. The smallest absolute Gasteiger partial charge is 0.332 e. The minimum Gasteiger partial charge on any atom is -0.481 e. The lowest BCUT2D eigenvalue weighted by atomic mass is 10.2. The molecule has 2 amide bonds. The van der Waals surface area contributed by atoms with Gasteiger partial charge in [-0.15, -0.1) is 0 Å². The third-order valence-corrected chi connectivity index (χ3v) is 3.42. The molecule has 1 heterocycles. The van der Waals surface area contributed by atoms with Crippen LogP contribution in [0.15, 0.2) is 0 Å². The number of carbonyl (C=O) groups excluding carboxylic acids is 1. The number of amides is 2. The third kappa shape index (κ3) is 3.87. The minimum absolute atomic E-state index is 0.0178. The van der Waals surface area contributed by atoms with Crippen molar-refractivity contribution in [3.63, 3.8) is 0 Å². The SMILES string of the molecule is O=C(O)CCN(C(=O)NN1CCCCC1)C1CC1. The molecule has 0 radical (unpaired) electrons. The molecule has 1 aliphatic heterocycles. The Bertz CT molecular complexity index is 312. The van der Waals surface area contributed by atoms with Crippen LogP contribution in [0.25, 0.3) is 0 Å². The van der Waals surface area contributed by atoms with Gasteiger partial charge in [0.2, 0.25) is 0 Å². The van der Waals surface area contributed by atoms with E-state index in [-0.39, 0.29) is 18.5 Å². The van der Waals surface area contributed by atoms with E-state index in [1.54, 1.807) is 4.90 Å². The van der Waals surface area contributed by atoms with Crippen LogP contribution in [-0.4, -0.2) is 52.7 Å². The minimum atomic E-state index is -0.855. The summed E-state index contributed by atoms with van der Waals surface area (Å²) in [4.78, 5) is 24.3. The van der Waals surface area contributed by atoms with E-state index in [4.69, 9.17) is 5.11 Å². The van der Waals surface area contributed by atoms with Crippen molar-refractivity contribution in [1.82, 2.24) is 15.3 Å². The number of carbonyl (C=O) groups is 2. The van der Waals surface area contributed by atoms with Crippen molar-refractivity contribution in [2.75, 3.05) is 19.6 Å². The first-order chi connectivity index (χ1) is 8.66. The highest BCUT2D eigenvalue weighted by Crippen LogP contribution is 2.27. The van der Waals surface area contributed by atoms with Crippen LogP contribution >= 0.6 is 0 Å². The topological polar surface area (TPSA) is 72.9 Å². The first-order valence-electron chi connectivity index (χ1n) is 6.71. The van der Waals surface area contributed by atoms with E-state index in [1.807, 2.05) is 5.01 Å². The average molecular weight is 255 g/mol. The summed E-state index contributed by atoms with van der Waals surface area (Å²) in [5, 5.41) is 10.6. The van der Waals surface area contributed by atoms with Crippen LogP contribution < -0.4 is 5.43 Å². The van der Waals surface area contributed by atoms with Crippen LogP contribution in [0.4, 0.5) is 4.79 Å². The Morgan fingerprint density at radius 2 is 1.89 bits per heavy atom. The fourth-order valence-corrected chi connectivity index (χ4v) is 2.26. The first-order valence-corrected chi connectivity index (χ1v) is 6.71. The molecule has 6 nitrogen and oxygen atoms in total. The molecule has 2 N–H and O–H groups in total. The number of aliphatic carboxylic acids is 1. The summed E-state index contributed by atoms with van der Waals surface area (Å²) in [5.74, 6) is -0.855. The molecule has 2 fully saturated rings. The van der Waals surface area contributed by atoms with Crippen LogP contribution in [0.5, 0.6) is 0 Å². The van der Waals surface area contributed by atoms with Gasteiger partial charge in [0, 0.05) is 25.7 Å². The molecule has 18 heavy (non-hydrogen) atoms. The Balaban J connectivity index is 1.81. The Hall–Kier alpha value is -1.30. The Labute approximate surface area is 107 Å². The maximum Gasteiger partial charge on any atom is 0.332 e. The lowest BCUT2D eigenvalue weighted by Crippen LogP contribution is -2.51. The van der Waals surface area contributed by atoms with Crippen molar-refractivity contribution in [3.05, 3.63) is 0 Å². The van der Waals surface area contributed by atoms with Crippen molar-refractivity contribution >= 4 is 12.0 Å². The Morgan fingerprint density at radius 1 is 1.22 bits per heavy atom. The summed E-state index contributed by atoms with van der Waals surface area (Å²) in [7, 11) is 0. The number of piperidine rings is 1. The van der Waals surface area contributed by atoms with Gasteiger partial charge in [-0.25, -0.2) is 9.80 Å². The van der Waals surface area contributed by atoms with Crippen LogP contribution in [0, 0.1) is 0 Å². The predicted octanol–water partition coefficient (Wildman–Crippen LogP) is 1.04. The van der Waals surface area contributed by atoms with Crippen LogP contribution in [0.1, 0.15) is 38.5 Å². The van der Waals surface area contributed by atoms with E-state index in [2.05, 4.69) is 5.43 Å². The molecule has 0 aromatic carbocycles. The monoisotopic (exact) mass is 255 g/mol. The second-order valence-electron chi connectivity index (χ2n) is 5.03. The fraction of sp³-hybridized carbons (Fsp3) is 0.833. The lowest BCUT2D eigenvalue weighted by molar-refractivity contribution is -0.137. The van der Waals surface area contributed by atoms with E-state index in [0.29, 0.717) is 6.54 Å². The molecule has 0 atom stereocenters. The Morgan fingerprint density at radius 3 is 2.44 bits per heavy atom. The maximum absolute atomic E-state index is 12.1. The second kappa shape index (κ2) is 6.04. The molecule has 1 saturated heterocycles. The number of nitrogens with one attached hydrogen (secondary N) is 1. The van der Waals surface area contributed by atoms with Crippen molar-refractivity contribution < 1.29 is 14.7 Å². The molecule has 2 rings (SSSR count). The highest BCUT2D eigenvalue weighted by atomic mass is 16.4. The number of rotatable bonds is 5. The molecule has 1 saturated carbocycles. The average Bonchev–Trinajstić information content (AvgIpc) is 3.14. The number of urea groups is 1. The zero-order chi connectivity index (χ0) is 13.0. The standard InChI is InChI=1S/C12H21N3O3/c16-11(17)6-9-15(10-4-5-10)12(18)13-14-7-2-1-3-8-14/h10H,1-9H2,(H,13,18)(H,16,17). The molecule has 1 aliphatic carbocycles. The van der Waals surface area contributed by atoms with Gasteiger partial charge in [0.25, 0.3) is 0 Å². The van der Waals surface area contributed by atoms with Crippen molar-refractivity contribution in [3.8, 4) is 0 Å². The van der Waals surface area contributed by atoms with Gasteiger partial charge in [0.05, 0.1) is 6.42 Å². The molecule has 0 unspecified atom stereocenters. The summed E-state index contributed by atoms with van der Waals surface area (Å²) < 4.78 is 0. The van der Waals surface area contributed by atoms with Crippen molar-refractivity contribution in [2.24, 2.45) is 0 Å². The van der Waals surface area contributed by atoms with Gasteiger partial charge in [-0.05, 0) is 25.7 Å². The molecule has 2 aliphatic rings. The summed E-state index contributed by atoms with van der Waals surface area (Å²) in [6, 6.07) is 0.106. The van der Waals surface area contributed by atoms with Gasteiger partial charge in [-0.1, -0.05) is 6.42 Å². The molecule has 6 heteroatoms. The Kier molecular flexibility index (Phi) is 4.41. The quantitative estimate of drug-likeness (QED) is 0.769. The molecule has 0 spiro atoms. The highest BCUT2D eigenvalue weighted by Gasteiger charge is 2.33. The van der Waals surface area contributed by atoms with Gasteiger partial charge < -0.3 is 10.0 Å². The zero-order valence-corrected chi connectivity index (χ0v) is 10.6. The van der Waals surface area contributed by atoms with E-state index in [9.17, 15) is 9.59 Å². The molecule has 0 bridgehead atoms. The van der Waals surface area contributed by atoms with Crippen molar-refractivity contribution in [1.29, 1.82) is 0 Å². The number of hydrogen-bond donors (Lipinski definition) is 2. The van der Waals surface area contributed by atoms with Crippen LogP contribution in [0.3, 0.4) is 0 Å². The first kappa shape index (κ1) is 13.1. The van der Waals surface area contributed by atoms with Crippen LogP contribution in [-0.2, 0) is 4.79 Å². The number of nitrogens with zero attached hydrogens (tertiary/aromatic N) is 2. The van der Waals surface area contributed by atoms with Gasteiger partial charge in [0.1, 0.15) is 0 Å².